The molecule has 0 aliphatic heterocycles. The zero-order chi connectivity index (χ0) is 17.1. The number of fused-ring (bicyclic) bond motifs is 3. The molecule has 0 spiro atoms. The zero-order valence-corrected chi connectivity index (χ0v) is 13.2. The molecule has 1 aliphatic rings. The van der Waals surface area contributed by atoms with E-state index in [2.05, 4.69) is 17.6 Å². The third-order valence-corrected chi connectivity index (χ3v) is 4.12. The van der Waals surface area contributed by atoms with Crippen molar-refractivity contribution in [2.45, 2.75) is 12.8 Å². The van der Waals surface area contributed by atoms with Crippen LogP contribution in [0.25, 0.3) is 11.1 Å². The number of hydrogen-bond donors (Lipinski definition) is 2. The second-order valence-electron chi connectivity index (χ2n) is 5.46. The van der Waals surface area contributed by atoms with Crippen LogP contribution in [0.5, 0.6) is 0 Å². The van der Waals surface area contributed by atoms with E-state index in [9.17, 15) is 9.59 Å². The molecule has 24 heavy (non-hydrogen) atoms. The molecule has 2 aromatic carbocycles. The highest BCUT2D eigenvalue weighted by Gasteiger charge is 2.29. The third-order valence-electron chi connectivity index (χ3n) is 4.12. The van der Waals surface area contributed by atoms with E-state index in [1.54, 1.807) is 6.92 Å². The summed E-state index contributed by atoms with van der Waals surface area (Å²) in [5.74, 6) is -0.0527. The van der Waals surface area contributed by atoms with Gasteiger partial charge in [-0.05, 0) is 29.2 Å². The lowest BCUT2D eigenvalue weighted by atomic mass is 9.98. The molecule has 124 valence electrons. The maximum Gasteiger partial charge on any atom is 0.426 e. The van der Waals surface area contributed by atoms with Crippen molar-refractivity contribution >= 4 is 12.2 Å². The molecule has 0 bridgehead atoms. The number of carbonyl (C=O) groups is 2. The van der Waals surface area contributed by atoms with E-state index in [-0.39, 0.29) is 19.1 Å². The van der Waals surface area contributed by atoms with Crippen LogP contribution in [0.4, 0.5) is 9.59 Å². The van der Waals surface area contributed by atoms with Crippen molar-refractivity contribution < 1.29 is 19.4 Å². The van der Waals surface area contributed by atoms with Gasteiger partial charge in [0.1, 0.15) is 6.61 Å². The summed E-state index contributed by atoms with van der Waals surface area (Å²) in [4.78, 5) is 22.8. The van der Waals surface area contributed by atoms with Crippen LogP contribution in [0.15, 0.2) is 48.5 Å². The number of carbonyl (C=O) groups excluding carboxylic acids is 1. The molecule has 0 heterocycles. The number of hydrogen-bond acceptors (Lipinski definition) is 3. The molecule has 6 nitrogen and oxygen atoms in total. The van der Waals surface area contributed by atoms with E-state index in [1.807, 2.05) is 36.4 Å². The Hall–Kier alpha value is -3.02. The van der Waals surface area contributed by atoms with Gasteiger partial charge in [-0.2, -0.15) is 0 Å². The molecule has 0 saturated heterocycles. The number of amides is 2. The van der Waals surface area contributed by atoms with Crippen LogP contribution < -0.4 is 5.43 Å². The molecule has 0 fully saturated rings. The number of benzene rings is 2. The van der Waals surface area contributed by atoms with Crippen molar-refractivity contribution in [3.63, 3.8) is 0 Å². The predicted molar refractivity (Wildman–Crippen MR) is 88.6 cm³/mol. The average molecular weight is 326 g/mol. The minimum atomic E-state index is -1.23. The standard InChI is InChI=1S/C18H18N2O4/c1-2-20(18(22)23)19-17(21)24-11-16-14-9-5-3-7-12(14)13-8-4-6-10-15(13)16/h3-10,16H,2,11H2,1H3,(H,19,21)(H,22,23). The Kier molecular flexibility index (Phi) is 4.37. The second-order valence-corrected chi connectivity index (χ2v) is 5.46. The van der Waals surface area contributed by atoms with E-state index in [0.717, 1.165) is 27.3 Å². The van der Waals surface area contributed by atoms with Crippen LogP contribution in [0, 0.1) is 0 Å². The number of ether oxygens (including phenoxy) is 1. The van der Waals surface area contributed by atoms with Crippen molar-refractivity contribution in [1.29, 1.82) is 0 Å². The number of carboxylic acid groups (broad SMARTS) is 1. The Bertz CT molecular complexity index is 730. The van der Waals surface area contributed by atoms with Gasteiger partial charge in [0.15, 0.2) is 0 Å². The van der Waals surface area contributed by atoms with E-state index in [4.69, 9.17) is 9.84 Å². The summed E-state index contributed by atoms with van der Waals surface area (Å²) in [5.41, 5.74) is 6.71. The van der Waals surface area contributed by atoms with Gasteiger partial charge >= 0.3 is 12.2 Å². The van der Waals surface area contributed by atoms with Gasteiger partial charge in [-0.15, -0.1) is 0 Å². The van der Waals surface area contributed by atoms with Gasteiger partial charge < -0.3 is 9.84 Å². The second kappa shape index (κ2) is 6.62. The quantitative estimate of drug-likeness (QED) is 0.847. The minimum absolute atomic E-state index is 0.0527. The van der Waals surface area contributed by atoms with Crippen molar-refractivity contribution in [2.24, 2.45) is 0 Å². The molecule has 0 aromatic heterocycles. The lowest BCUT2D eigenvalue weighted by Crippen LogP contribution is -2.45. The highest BCUT2D eigenvalue weighted by Crippen LogP contribution is 2.44. The number of hydrazine groups is 1. The summed E-state index contributed by atoms with van der Waals surface area (Å²) in [6, 6.07) is 16.0. The molecule has 2 aromatic rings. The van der Waals surface area contributed by atoms with Gasteiger partial charge in [-0.25, -0.2) is 20.0 Å². The van der Waals surface area contributed by atoms with Gasteiger partial charge in [0.2, 0.25) is 0 Å². The molecule has 0 atom stereocenters. The van der Waals surface area contributed by atoms with Crippen molar-refractivity contribution in [1.82, 2.24) is 10.4 Å². The molecule has 1 aliphatic carbocycles. The highest BCUT2D eigenvalue weighted by atomic mass is 16.6. The number of rotatable bonds is 3. The number of nitrogens with one attached hydrogen (secondary N) is 1. The van der Waals surface area contributed by atoms with E-state index < -0.39 is 12.2 Å². The van der Waals surface area contributed by atoms with Crippen molar-refractivity contribution in [3.05, 3.63) is 59.7 Å². The lowest BCUT2D eigenvalue weighted by molar-refractivity contribution is 0.0932. The Balaban J connectivity index is 1.74. The molecule has 6 heteroatoms. The molecule has 0 saturated carbocycles. The minimum Gasteiger partial charge on any atom is -0.464 e. The van der Waals surface area contributed by atoms with Crippen LogP contribution >= 0.6 is 0 Å². The first-order valence-electron chi connectivity index (χ1n) is 7.74. The monoisotopic (exact) mass is 326 g/mol. The van der Waals surface area contributed by atoms with Crippen LogP contribution in [-0.2, 0) is 4.74 Å². The molecule has 3 rings (SSSR count). The summed E-state index contributed by atoms with van der Waals surface area (Å²) < 4.78 is 5.27. The maximum absolute atomic E-state index is 11.9. The Morgan fingerprint density at radius 3 is 2.12 bits per heavy atom. The first-order chi connectivity index (χ1) is 11.6. The van der Waals surface area contributed by atoms with Gasteiger partial charge in [0.25, 0.3) is 0 Å². The fourth-order valence-electron chi connectivity index (χ4n) is 3.00. The van der Waals surface area contributed by atoms with Gasteiger partial charge in [-0.3, -0.25) is 0 Å². The predicted octanol–water partition coefficient (Wildman–Crippen LogP) is 3.44. The summed E-state index contributed by atoms with van der Waals surface area (Å²) in [5, 5.41) is 9.69. The normalized spacial score (nSPS) is 12.2. The van der Waals surface area contributed by atoms with Gasteiger partial charge in [-0.1, -0.05) is 48.5 Å². The van der Waals surface area contributed by atoms with Gasteiger partial charge in [0, 0.05) is 12.5 Å². The first-order valence-corrected chi connectivity index (χ1v) is 7.74. The Labute approximate surface area is 139 Å². The molecular formula is C18H18N2O4. The largest absolute Gasteiger partial charge is 0.464 e. The van der Waals surface area contributed by atoms with E-state index in [0.29, 0.717) is 0 Å². The molecular weight excluding hydrogens is 308 g/mol. The van der Waals surface area contributed by atoms with Crippen LogP contribution in [0.2, 0.25) is 0 Å². The smallest absolute Gasteiger partial charge is 0.426 e. The van der Waals surface area contributed by atoms with Crippen LogP contribution in [0.1, 0.15) is 24.0 Å². The highest BCUT2D eigenvalue weighted by molar-refractivity contribution is 5.79. The molecule has 2 N–H and O–H groups in total. The molecule has 0 radical (unpaired) electrons. The summed E-state index contributed by atoms with van der Waals surface area (Å²) in [7, 11) is 0. The van der Waals surface area contributed by atoms with Crippen molar-refractivity contribution in [3.8, 4) is 11.1 Å². The summed E-state index contributed by atoms with van der Waals surface area (Å²) >= 11 is 0. The Morgan fingerprint density at radius 1 is 1.08 bits per heavy atom. The topological polar surface area (TPSA) is 78.9 Å². The van der Waals surface area contributed by atoms with Crippen LogP contribution in [-0.4, -0.2) is 35.5 Å². The summed E-state index contributed by atoms with van der Waals surface area (Å²) in [6.07, 6.45) is -2.01. The molecule has 2 amide bonds. The average Bonchev–Trinajstić information content (AvgIpc) is 2.91. The third kappa shape index (κ3) is 2.90. The summed E-state index contributed by atoms with van der Waals surface area (Å²) in [6.45, 7) is 1.91. The lowest BCUT2D eigenvalue weighted by Gasteiger charge is -2.19. The fraction of sp³-hybridized carbons (Fsp3) is 0.222. The van der Waals surface area contributed by atoms with Crippen molar-refractivity contribution in [2.75, 3.05) is 13.2 Å². The fourth-order valence-corrected chi connectivity index (χ4v) is 3.00. The van der Waals surface area contributed by atoms with E-state index >= 15 is 0 Å². The number of nitrogens with zero attached hydrogens (tertiary/aromatic N) is 1. The Morgan fingerprint density at radius 2 is 1.62 bits per heavy atom. The van der Waals surface area contributed by atoms with Crippen LogP contribution in [0.3, 0.4) is 0 Å². The van der Waals surface area contributed by atoms with E-state index in [1.165, 1.54) is 0 Å². The first kappa shape index (κ1) is 15.9. The SMILES string of the molecule is CCN(NC(=O)OCC1c2ccccc2-c2ccccc21)C(=O)O. The maximum atomic E-state index is 11.9. The zero-order valence-electron chi connectivity index (χ0n) is 13.2. The molecule has 0 unspecified atom stereocenters. The van der Waals surface area contributed by atoms with Gasteiger partial charge in [0.05, 0.1) is 0 Å².